The van der Waals surface area contributed by atoms with Gasteiger partial charge in [-0.3, -0.25) is 14.4 Å². The molecule has 0 radical (unpaired) electrons. The SMILES string of the molecule is O=C(C(=O)N1CCN(C(=O)C2=C(Cl)C=CCC2=S)CC1)c1c[nH]c2cccc(Cl)c12. The van der Waals surface area contributed by atoms with Gasteiger partial charge in [0.1, 0.15) is 0 Å². The number of thiocarbonyl (C=S) groups is 1. The lowest BCUT2D eigenvalue weighted by Gasteiger charge is -2.35. The summed E-state index contributed by atoms with van der Waals surface area (Å²) in [5.74, 6) is -1.48. The van der Waals surface area contributed by atoms with Crippen molar-refractivity contribution in [2.45, 2.75) is 6.42 Å². The molecule has 2 aliphatic rings. The van der Waals surface area contributed by atoms with E-state index in [4.69, 9.17) is 35.4 Å². The molecule has 1 aromatic carbocycles. The lowest BCUT2D eigenvalue weighted by Crippen LogP contribution is -2.52. The molecule has 1 aromatic heterocycles. The van der Waals surface area contributed by atoms with Gasteiger partial charge in [0.2, 0.25) is 0 Å². The minimum atomic E-state index is -0.626. The van der Waals surface area contributed by atoms with Gasteiger partial charge in [-0.1, -0.05) is 47.6 Å². The van der Waals surface area contributed by atoms with Gasteiger partial charge < -0.3 is 14.8 Å². The zero-order chi connectivity index (χ0) is 21.4. The number of halogens is 2. The number of aromatic nitrogens is 1. The molecule has 6 nitrogen and oxygen atoms in total. The van der Waals surface area contributed by atoms with E-state index in [0.717, 1.165) is 0 Å². The van der Waals surface area contributed by atoms with Gasteiger partial charge in [0, 0.05) is 54.6 Å². The summed E-state index contributed by atoms with van der Waals surface area (Å²) in [6, 6.07) is 5.23. The zero-order valence-corrected chi connectivity index (χ0v) is 18.1. The first kappa shape index (κ1) is 20.8. The molecule has 1 saturated heterocycles. The Morgan fingerprint density at radius 3 is 2.43 bits per heavy atom. The Kier molecular flexibility index (Phi) is 5.77. The molecule has 1 aliphatic heterocycles. The second-order valence-corrected chi connectivity index (χ2v) is 8.34. The number of aromatic amines is 1. The standard InChI is InChI=1S/C21H17Cl2N3O3S/c22-13-3-1-5-15-17(13)12(11-24-15)19(27)21(29)26-9-7-25(8-10-26)20(28)18-14(23)4-2-6-16(18)30/h1-5,11,24H,6-10H2. The second-order valence-electron chi connectivity index (χ2n) is 7.03. The smallest absolute Gasteiger partial charge is 0.295 e. The number of benzene rings is 1. The number of carbonyl (C=O) groups is 3. The van der Waals surface area contributed by atoms with Crippen molar-refractivity contribution in [3.05, 3.63) is 57.7 Å². The Morgan fingerprint density at radius 1 is 1.03 bits per heavy atom. The molecule has 4 rings (SSSR count). The number of nitrogens with one attached hydrogen (secondary N) is 1. The Bertz CT molecular complexity index is 1140. The largest absolute Gasteiger partial charge is 0.360 e. The van der Waals surface area contributed by atoms with Crippen LogP contribution >= 0.6 is 35.4 Å². The van der Waals surface area contributed by atoms with Crippen molar-refractivity contribution in [2.75, 3.05) is 26.2 Å². The predicted molar refractivity (Wildman–Crippen MR) is 120 cm³/mol. The van der Waals surface area contributed by atoms with Gasteiger partial charge in [0.25, 0.3) is 17.6 Å². The molecule has 0 unspecified atom stereocenters. The number of Topliss-reactive ketones (excluding diaryl/α,β-unsaturated/α-hetero) is 1. The van der Waals surface area contributed by atoms with E-state index < -0.39 is 11.7 Å². The minimum Gasteiger partial charge on any atom is -0.360 e. The molecule has 0 atom stereocenters. The van der Waals surface area contributed by atoms with Gasteiger partial charge in [-0.05, 0) is 18.2 Å². The normalized spacial score (nSPS) is 17.1. The molecule has 0 bridgehead atoms. The number of hydrogen-bond acceptors (Lipinski definition) is 4. The molecule has 154 valence electrons. The Balaban J connectivity index is 1.46. The van der Waals surface area contributed by atoms with Gasteiger partial charge >= 0.3 is 0 Å². The fourth-order valence-electron chi connectivity index (χ4n) is 3.66. The van der Waals surface area contributed by atoms with Crippen LogP contribution in [0.4, 0.5) is 0 Å². The average molecular weight is 462 g/mol. The number of H-pyrrole nitrogens is 1. The van der Waals surface area contributed by atoms with Crippen LogP contribution < -0.4 is 0 Å². The van der Waals surface area contributed by atoms with Crippen molar-refractivity contribution in [2.24, 2.45) is 0 Å². The number of hydrogen-bond donors (Lipinski definition) is 1. The summed E-state index contributed by atoms with van der Waals surface area (Å²) in [6.07, 6.45) is 5.51. The van der Waals surface area contributed by atoms with Crippen molar-refractivity contribution in [3.63, 3.8) is 0 Å². The van der Waals surface area contributed by atoms with E-state index in [1.165, 1.54) is 11.1 Å². The van der Waals surface area contributed by atoms with Crippen LogP contribution in [0.2, 0.25) is 5.02 Å². The molecule has 2 aromatic rings. The number of ketones is 1. The van der Waals surface area contributed by atoms with Crippen LogP contribution in [0.3, 0.4) is 0 Å². The fourth-order valence-corrected chi connectivity index (χ4v) is 4.57. The quantitative estimate of drug-likeness (QED) is 0.431. The number of amides is 2. The van der Waals surface area contributed by atoms with Crippen LogP contribution in [0.5, 0.6) is 0 Å². The lowest BCUT2D eigenvalue weighted by molar-refractivity contribution is -0.134. The van der Waals surface area contributed by atoms with E-state index in [0.29, 0.717) is 50.9 Å². The van der Waals surface area contributed by atoms with Crippen LogP contribution in [0.15, 0.2) is 47.2 Å². The molecule has 0 spiro atoms. The van der Waals surface area contributed by atoms with Crippen molar-refractivity contribution in [1.29, 1.82) is 0 Å². The van der Waals surface area contributed by atoms with E-state index in [9.17, 15) is 14.4 Å². The molecule has 2 heterocycles. The first-order valence-corrected chi connectivity index (χ1v) is 10.5. The number of fused-ring (bicyclic) bond motifs is 1. The van der Waals surface area contributed by atoms with Crippen molar-refractivity contribution in [3.8, 4) is 0 Å². The van der Waals surface area contributed by atoms with E-state index in [1.807, 2.05) is 6.08 Å². The molecule has 30 heavy (non-hydrogen) atoms. The van der Waals surface area contributed by atoms with Gasteiger partial charge in [-0.15, -0.1) is 0 Å². The third-order valence-corrected chi connectivity index (χ3v) is 6.25. The summed E-state index contributed by atoms with van der Waals surface area (Å²) >= 11 is 17.7. The molecular weight excluding hydrogens is 445 g/mol. The summed E-state index contributed by atoms with van der Waals surface area (Å²) in [5, 5.41) is 1.27. The summed E-state index contributed by atoms with van der Waals surface area (Å²) in [4.78, 5) is 45.0. The summed E-state index contributed by atoms with van der Waals surface area (Å²) < 4.78 is 0. The summed E-state index contributed by atoms with van der Waals surface area (Å²) in [6.45, 7) is 1.10. The third-order valence-electron chi connectivity index (χ3n) is 5.25. The number of nitrogens with zero attached hydrogens (tertiary/aromatic N) is 2. The van der Waals surface area contributed by atoms with Crippen LogP contribution in [-0.2, 0) is 9.59 Å². The topological polar surface area (TPSA) is 73.5 Å². The maximum absolute atomic E-state index is 12.8. The second kappa shape index (κ2) is 8.34. The van der Waals surface area contributed by atoms with Crippen molar-refractivity contribution >= 4 is 68.8 Å². The average Bonchev–Trinajstić information content (AvgIpc) is 3.18. The Labute approximate surface area is 188 Å². The van der Waals surface area contributed by atoms with Crippen LogP contribution in [0.1, 0.15) is 16.8 Å². The predicted octanol–water partition coefficient (Wildman–Crippen LogP) is 3.50. The Hall–Kier alpha value is -2.48. The highest BCUT2D eigenvalue weighted by Gasteiger charge is 2.32. The van der Waals surface area contributed by atoms with Crippen LogP contribution in [0, 0.1) is 0 Å². The minimum absolute atomic E-state index is 0.240. The molecule has 1 fully saturated rings. The van der Waals surface area contributed by atoms with E-state index >= 15 is 0 Å². The van der Waals surface area contributed by atoms with Gasteiger partial charge in [-0.25, -0.2) is 0 Å². The molecule has 2 amide bonds. The fraction of sp³-hybridized carbons (Fsp3) is 0.238. The van der Waals surface area contributed by atoms with Crippen molar-refractivity contribution in [1.82, 2.24) is 14.8 Å². The molecular formula is C21H17Cl2N3O3S. The monoisotopic (exact) mass is 461 g/mol. The maximum atomic E-state index is 12.8. The lowest BCUT2D eigenvalue weighted by atomic mass is 10.0. The van der Waals surface area contributed by atoms with E-state index in [-0.39, 0.29) is 24.6 Å². The highest BCUT2D eigenvalue weighted by molar-refractivity contribution is 7.81. The van der Waals surface area contributed by atoms with Crippen LogP contribution in [0.25, 0.3) is 10.9 Å². The number of rotatable bonds is 3. The van der Waals surface area contributed by atoms with E-state index in [2.05, 4.69) is 4.98 Å². The van der Waals surface area contributed by atoms with Gasteiger partial charge in [0.15, 0.2) is 0 Å². The third kappa shape index (κ3) is 3.69. The Morgan fingerprint density at radius 2 is 1.73 bits per heavy atom. The van der Waals surface area contributed by atoms with Crippen LogP contribution in [-0.4, -0.2) is 63.4 Å². The molecule has 9 heteroatoms. The number of carbonyl (C=O) groups excluding carboxylic acids is 3. The number of piperazine rings is 1. The molecule has 1 aliphatic carbocycles. The molecule has 1 N–H and O–H groups in total. The zero-order valence-electron chi connectivity index (χ0n) is 15.8. The van der Waals surface area contributed by atoms with Gasteiger partial charge in [0.05, 0.1) is 21.2 Å². The van der Waals surface area contributed by atoms with Crippen molar-refractivity contribution < 1.29 is 14.4 Å². The highest BCUT2D eigenvalue weighted by Crippen LogP contribution is 2.27. The maximum Gasteiger partial charge on any atom is 0.295 e. The first-order valence-electron chi connectivity index (χ1n) is 9.36. The number of allylic oxidation sites excluding steroid dienone is 3. The summed E-state index contributed by atoms with van der Waals surface area (Å²) in [7, 11) is 0. The highest BCUT2D eigenvalue weighted by atomic mass is 35.5. The summed E-state index contributed by atoms with van der Waals surface area (Å²) in [5.41, 5.74) is 1.28. The first-order chi connectivity index (χ1) is 14.4. The van der Waals surface area contributed by atoms with E-state index in [1.54, 1.807) is 29.2 Å². The molecule has 0 saturated carbocycles. The van der Waals surface area contributed by atoms with Gasteiger partial charge in [-0.2, -0.15) is 0 Å².